The highest BCUT2D eigenvalue weighted by atomic mass is 16.5. The van der Waals surface area contributed by atoms with Gasteiger partial charge in [0.05, 0.1) is 7.11 Å². The first-order chi connectivity index (χ1) is 11.7. The van der Waals surface area contributed by atoms with E-state index in [0.29, 0.717) is 6.04 Å². The molecule has 1 fully saturated rings. The Morgan fingerprint density at radius 1 is 1.17 bits per heavy atom. The second-order valence-electron chi connectivity index (χ2n) is 6.39. The molecule has 1 aromatic carbocycles. The van der Waals surface area contributed by atoms with Gasteiger partial charge < -0.3 is 15.0 Å². The SMILES string of the molecule is COc1ccc(CCC(C)Nc2cc(N3CCCC3)ncn2)cc1. The molecule has 1 unspecified atom stereocenters. The summed E-state index contributed by atoms with van der Waals surface area (Å²) in [5.41, 5.74) is 1.32. The number of ether oxygens (including phenoxy) is 1. The second-order valence-corrected chi connectivity index (χ2v) is 6.39. The average molecular weight is 326 g/mol. The van der Waals surface area contributed by atoms with Gasteiger partial charge in [0.25, 0.3) is 0 Å². The minimum atomic E-state index is 0.355. The van der Waals surface area contributed by atoms with E-state index >= 15 is 0 Å². The Kier molecular flexibility index (Phi) is 5.51. The van der Waals surface area contributed by atoms with E-state index < -0.39 is 0 Å². The molecule has 1 aliphatic rings. The molecule has 3 rings (SSSR count). The summed E-state index contributed by atoms with van der Waals surface area (Å²) >= 11 is 0. The molecule has 128 valence electrons. The third kappa shape index (κ3) is 4.37. The Morgan fingerprint density at radius 2 is 1.92 bits per heavy atom. The third-order valence-electron chi connectivity index (χ3n) is 4.50. The summed E-state index contributed by atoms with van der Waals surface area (Å²) in [4.78, 5) is 11.1. The van der Waals surface area contributed by atoms with Crippen molar-refractivity contribution < 1.29 is 4.74 Å². The highest BCUT2D eigenvalue weighted by molar-refractivity contribution is 5.49. The van der Waals surface area contributed by atoms with E-state index in [-0.39, 0.29) is 0 Å². The molecule has 1 saturated heterocycles. The molecule has 0 saturated carbocycles. The van der Waals surface area contributed by atoms with Crippen LogP contribution in [0.5, 0.6) is 5.75 Å². The van der Waals surface area contributed by atoms with Crippen LogP contribution in [0.2, 0.25) is 0 Å². The molecule has 24 heavy (non-hydrogen) atoms. The summed E-state index contributed by atoms with van der Waals surface area (Å²) in [7, 11) is 1.69. The van der Waals surface area contributed by atoms with Gasteiger partial charge in [0.15, 0.2) is 0 Å². The predicted molar refractivity (Wildman–Crippen MR) is 97.9 cm³/mol. The van der Waals surface area contributed by atoms with Crippen molar-refractivity contribution in [2.24, 2.45) is 0 Å². The van der Waals surface area contributed by atoms with Crippen LogP contribution in [-0.4, -0.2) is 36.2 Å². The van der Waals surface area contributed by atoms with Crippen LogP contribution in [0, 0.1) is 0 Å². The van der Waals surface area contributed by atoms with Crippen LogP contribution in [-0.2, 0) is 6.42 Å². The van der Waals surface area contributed by atoms with E-state index in [1.807, 2.05) is 12.1 Å². The molecule has 0 aliphatic carbocycles. The maximum Gasteiger partial charge on any atom is 0.134 e. The van der Waals surface area contributed by atoms with Gasteiger partial charge in [0.1, 0.15) is 23.7 Å². The van der Waals surface area contributed by atoms with E-state index in [9.17, 15) is 0 Å². The number of nitrogens with one attached hydrogen (secondary N) is 1. The van der Waals surface area contributed by atoms with Crippen LogP contribution < -0.4 is 15.0 Å². The lowest BCUT2D eigenvalue weighted by Crippen LogP contribution is -2.21. The third-order valence-corrected chi connectivity index (χ3v) is 4.50. The smallest absolute Gasteiger partial charge is 0.134 e. The zero-order chi connectivity index (χ0) is 16.8. The van der Waals surface area contributed by atoms with Crippen molar-refractivity contribution in [1.29, 1.82) is 0 Å². The van der Waals surface area contributed by atoms with Gasteiger partial charge in [-0.1, -0.05) is 12.1 Å². The number of methoxy groups -OCH3 is 1. The number of aromatic nitrogens is 2. The molecule has 1 N–H and O–H groups in total. The summed E-state index contributed by atoms with van der Waals surface area (Å²) in [6, 6.07) is 10.7. The van der Waals surface area contributed by atoms with Crippen molar-refractivity contribution in [3.05, 3.63) is 42.2 Å². The van der Waals surface area contributed by atoms with E-state index in [1.54, 1.807) is 13.4 Å². The van der Waals surface area contributed by atoms with Crippen LogP contribution in [0.1, 0.15) is 31.7 Å². The molecule has 0 spiro atoms. The maximum atomic E-state index is 5.20. The molecule has 1 atom stereocenters. The lowest BCUT2D eigenvalue weighted by atomic mass is 10.1. The molecule has 0 bridgehead atoms. The van der Waals surface area contributed by atoms with Crippen LogP contribution >= 0.6 is 0 Å². The predicted octanol–water partition coefficient (Wildman–Crippen LogP) is 3.52. The van der Waals surface area contributed by atoms with Crippen LogP contribution in [0.3, 0.4) is 0 Å². The zero-order valence-electron chi connectivity index (χ0n) is 14.5. The Hall–Kier alpha value is -2.30. The first kappa shape index (κ1) is 16.6. The molecule has 5 heteroatoms. The summed E-state index contributed by atoms with van der Waals surface area (Å²) in [6.07, 6.45) is 6.25. The van der Waals surface area contributed by atoms with Crippen molar-refractivity contribution in [1.82, 2.24) is 9.97 Å². The fourth-order valence-electron chi connectivity index (χ4n) is 3.05. The normalized spacial score (nSPS) is 15.3. The Bertz CT molecular complexity index is 638. The van der Waals surface area contributed by atoms with E-state index in [2.05, 4.69) is 45.3 Å². The minimum absolute atomic E-state index is 0.355. The number of aryl methyl sites for hydroxylation is 1. The van der Waals surface area contributed by atoms with Gasteiger partial charge in [0, 0.05) is 25.2 Å². The topological polar surface area (TPSA) is 50.3 Å². The van der Waals surface area contributed by atoms with Crippen molar-refractivity contribution in [2.45, 2.75) is 38.6 Å². The van der Waals surface area contributed by atoms with Gasteiger partial charge in [-0.25, -0.2) is 9.97 Å². The molecule has 1 aromatic heterocycles. The fourth-order valence-corrected chi connectivity index (χ4v) is 3.05. The Balaban J connectivity index is 1.52. The van der Waals surface area contributed by atoms with Gasteiger partial charge in [-0.3, -0.25) is 0 Å². The van der Waals surface area contributed by atoms with Crippen LogP contribution in [0.15, 0.2) is 36.7 Å². The summed E-state index contributed by atoms with van der Waals surface area (Å²) in [5.74, 6) is 2.85. The average Bonchev–Trinajstić information content (AvgIpc) is 3.15. The number of benzene rings is 1. The second kappa shape index (κ2) is 7.99. The highest BCUT2D eigenvalue weighted by Crippen LogP contribution is 2.20. The summed E-state index contributed by atoms with van der Waals surface area (Å²) in [5, 5.41) is 3.50. The number of anilines is 2. The lowest BCUT2D eigenvalue weighted by Gasteiger charge is -2.18. The molecule has 1 aliphatic heterocycles. The summed E-state index contributed by atoms with van der Waals surface area (Å²) in [6.45, 7) is 4.40. The highest BCUT2D eigenvalue weighted by Gasteiger charge is 2.14. The molecular formula is C19H26N4O. The number of hydrogen-bond acceptors (Lipinski definition) is 5. The number of nitrogens with zero attached hydrogens (tertiary/aromatic N) is 3. The number of rotatable bonds is 7. The molecule has 5 nitrogen and oxygen atoms in total. The first-order valence-electron chi connectivity index (χ1n) is 8.71. The fraction of sp³-hybridized carbons (Fsp3) is 0.474. The van der Waals surface area contributed by atoms with Crippen LogP contribution in [0.25, 0.3) is 0 Å². The van der Waals surface area contributed by atoms with Gasteiger partial charge in [-0.15, -0.1) is 0 Å². The van der Waals surface area contributed by atoms with E-state index in [4.69, 9.17) is 4.74 Å². The Morgan fingerprint density at radius 3 is 2.62 bits per heavy atom. The zero-order valence-corrected chi connectivity index (χ0v) is 14.5. The molecule has 2 heterocycles. The van der Waals surface area contributed by atoms with E-state index in [0.717, 1.165) is 43.3 Å². The molecular weight excluding hydrogens is 300 g/mol. The van der Waals surface area contributed by atoms with Crippen molar-refractivity contribution in [3.8, 4) is 5.75 Å². The first-order valence-corrected chi connectivity index (χ1v) is 8.71. The van der Waals surface area contributed by atoms with Gasteiger partial charge in [-0.05, 0) is 50.3 Å². The largest absolute Gasteiger partial charge is 0.497 e. The van der Waals surface area contributed by atoms with Gasteiger partial charge in [-0.2, -0.15) is 0 Å². The lowest BCUT2D eigenvalue weighted by molar-refractivity contribution is 0.414. The quantitative estimate of drug-likeness (QED) is 0.843. The van der Waals surface area contributed by atoms with Gasteiger partial charge in [0.2, 0.25) is 0 Å². The standard InChI is InChI=1S/C19H26N4O/c1-15(5-6-16-7-9-17(24-2)10-8-16)22-18-13-19(21-14-20-18)23-11-3-4-12-23/h7-10,13-15H,3-6,11-12H2,1-2H3,(H,20,21,22). The van der Waals surface area contributed by atoms with Crippen molar-refractivity contribution in [3.63, 3.8) is 0 Å². The van der Waals surface area contributed by atoms with Crippen LogP contribution in [0.4, 0.5) is 11.6 Å². The molecule has 2 aromatic rings. The molecule has 0 amide bonds. The maximum absolute atomic E-state index is 5.20. The van der Waals surface area contributed by atoms with Gasteiger partial charge >= 0.3 is 0 Å². The number of hydrogen-bond donors (Lipinski definition) is 1. The van der Waals surface area contributed by atoms with E-state index in [1.165, 1.54) is 18.4 Å². The minimum Gasteiger partial charge on any atom is -0.497 e. The van der Waals surface area contributed by atoms with Crippen molar-refractivity contribution >= 4 is 11.6 Å². The Labute approximate surface area is 144 Å². The molecule has 0 radical (unpaired) electrons. The summed E-state index contributed by atoms with van der Waals surface area (Å²) < 4.78 is 5.20. The van der Waals surface area contributed by atoms with Crippen molar-refractivity contribution in [2.75, 3.05) is 30.4 Å². The monoisotopic (exact) mass is 326 g/mol.